The van der Waals surface area contributed by atoms with Crippen molar-refractivity contribution in [2.45, 2.75) is 25.8 Å². The van der Waals surface area contributed by atoms with E-state index in [-0.39, 0.29) is 5.54 Å². The summed E-state index contributed by atoms with van der Waals surface area (Å²) in [5, 5.41) is 0. The summed E-state index contributed by atoms with van der Waals surface area (Å²) in [5.41, 5.74) is 5.70. The molecule has 0 saturated carbocycles. The van der Waals surface area contributed by atoms with E-state index < -0.39 is 0 Å². The summed E-state index contributed by atoms with van der Waals surface area (Å²) in [6.07, 6.45) is 6.58. The van der Waals surface area contributed by atoms with Crippen molar-refractivity contribution in [3.05, 3.63) is 18.7 Å². The third kappa shape index (κ3) is 1.43. The Morgan fingerprint density at radius 3 is 2.73 bits per heavy atom. The maximum absolute atomic E-state index is 5.66. The molecule has 0 saturated heterocycles. The summed E-state index contributed by atoms with van der Waals surface area (Å²) in [7, 11) is 0. The van der Waals surface area contributed by atoms with E-state index in [4.69, 9.17) is 5.73 Å². The first-order valence-corrected chi connectivity index (χ1v) is 3.91. The minimum absolute atomic E-state index is 0.0382. The van der Waals surface area contributed by atoms with E-state index in [1.807, 2.05) is 12.5 Å². The van der Waals surface area contributed by atoms with E-state index in [1.54, 1.807) is 6.20 Å². The van der Waals surface area contributed by atoms with Gasteiger partial charge >= 0.3 is 0 Å². The lowest BCUT2D eigenvalue weighted by Gasteiger charge is -2.27. The number of aromatic nitrogens is 2. The number of imidazole rings is 1. The standard InChI is InChI=1S/C8H15N3/c1-3-8(2,6-9)11-5-4-10-7-11/h4-5,7H,3,6,9H2,1-2H3. The predicted molar refractivity (Wildman–Crippen MR) is 45.2 cm³/mol. The topological polar surface area (TPSA) is 43.8 Å². The first-order chi connectivity index (χ1) is 5.23. The SMILES string of the molecule is CCC(C)(CN)n1ccnc1. The van der Waals surface area contributed by atoms with Crippen LogP contribution < -0.4 is 5.73 Å². The molecule has 3 heteroatoms. The molecule has 2 N–H and O–H groups in total. The number of hydrogen-bond acceptors (Lipinski definition) is 2. The molecule has 1 aromatic rings. The fourth-order valence-corrected chi connectivity index (χ4v) is 1.01. The highest BCUT2D eigenvalue weighted by Gasteiger charge is 2.20. The third-order valence-corrected chi connectivity index (χ3v) is 2.33. The molecule has 0 amide bonds. The molecule has 1 rings (SSSR count). The van der Waals surface area contributed by atoms with Crippen molar-refractivity contribution in [3.63, 3.8) is 0 Å². The maximum atomic E-state index is 5.66. The van der Waals surface area contributed by atoms with Crippen LogP contribution in [0.4, 0.5) is 0 Å². The molecule has 0 spiro atoms. The highest BCUT2D eigenvalue weighted by molar-refractivity contribution is 4.88. The quantitative estimate of drug-likeness (QED) is 0.703. The molecular weight excluding hydrogens is 138 g/mol. The summed E-state index contributed by atoms with van der Waals surface area (Å²) in [6, 6.07) is 0. The monoisotopic (exact) mass is 153 g/mol. The van der Waals surface area contributed by atoms with Gasteiger partial charge in [0.05, 0.1) is 11.9 Å². The van der Waals surface area contributed by atoms with Crippen LogP contribution in [0.25, 0.3) is 0 Å². The van der Waals surface area contributed by atoms with Crippen LogP contribution in [0.3, 0.4) is 0 Å². The summed E-state index contributed by atoms with van der Waals surface area (Å²) in [5.74, 6) is 0. The van der Waals surface area contributed by atoms with Gasteiger partial charge in [-0.1, -0.05) is 6.92 Å². The molecule has 1 heterocycles. The van der Waals surface area contributed by atoms with E-state index in [2.05, 4.69) is 23.4 Å². The number of rotatable bonds is 3. The third-order valence-electron chi connectivity index (χ3n) is 2.33. The Bertz CT molecular complexity index is 199. The first kappa shape index (κ1) is 8.27. The van der Waals surface area contributed by atoms with Crippen LogP contribution in [0.15, 0.2) is 18.7 Å². The van der Waals surface area contributed by atoms with Gasteiger partial charge in [0.1, 0.15) is 0 Å². The van der Waals surface area contributed by atoms with Crippen molar-refractivity contribution < 1.29 is 0 Å². The van der Waals surface area contributed by atoms with Crippen LogP contribution in [-0.4, -0.2) is 16.1 Å². The van der Waals surface area contributed by atoms with Gasteiger partial charge in [0.2, 0.25) is 0 Å². The van der Waals surface area contributed by atoms with Crippen LogP contribution >= 0.6 is 0 Å². The lowest BCUT2D eigenvalue weighted by atomic mass is 9.99. The zero-order valence-electron chi connectivity index (χ0n) is 7.12. The summed E-state index contributed by atoms with van der Waals surface area (Å²) in [6.45, 7) is 4.92. The Kier molecular flexibility index (Phi) is 2.29. The van der Waals surface area contributed by atoms with Crippen LogP contribution in [-0.2, 0) is 5.54 Å². The van der Waals surface area contributed by atoms with Crippen molar-refractivity contribution in [2.24, 2.45) is 5.73 Å². The normalized spacial score (nSPS) is 16.3. The van der Waals surface area contributed by atoms with Gasteiger partial charge < -0.3 is 10.3 Å². The molecule has 1 aromatic heterocycles. The molecule has 0 aliphatic rings. The molecule has 0 fully saturated rings. The second-order valence-electron chi connectivity index (χ2n) is 3.02. The Hall–Kier alpha value is -0.830. The van der Waals surface area contributed by atoms with Gasteiger partial charge in [-0.3, -0.25) is 0 Å². The van der Waals surface area contributed by atoms with Gasteiger partial charge in [-0.25, -0.2) is 4.98 Å². The minimum Gasteiger partial charge on any atom is -0.330 e. The molecule has 0 aliphatic heterocycles. The summed E-state index contributed by atoms with van der Waals surface area (Å²) >= 11 is 0. The Morgan fingerprint density at radius 2 is 2.36 bits per heavy atom. The Balaban J connectivity index is 2.87. The maximum Gasteiger partial charge on any atom is 0.0951 e. The molecule has 11 heavy (non-hydrogen) atoms. The second kappa shape index (κ2) is 3.05. The molecule has 1 atom stereocenters. The zero-order valence-corrected chi connectivity index (χ0v) is 7.12. The van der Waals surface area contributed by atoms with E-state index in [0.29, 0.717) is 6.54 Å². The zero-order chi connectivity index (χ0) is 8.32. The predicted octanol–water partition coefficient (Wildman–Crippen LogP) is 0.967. The van der Waals surface area contributed by atoms with Gasteiger partial charge in [-0.15, -0.1) is 0 Å². The van der Waals surface area contributed by atoms with Crippen LogP contribution in [0.1, 0.15) is 20.3 Å². The highest BCUT2D eigenvalue weighted by Crippen LogP contribution is 2.17. The van der Waals surface area contributed by atoms with Crippen LogP contribution in [0.5, 0.6) is 0 Å². The lowest BCUT2D eigenvalue weighted by molar-refractivity contribution is 0.316. The van der Waals surface area contributed by atoms with Crippen LogP contribution in [0, 0.1) is 0 Å². The van der Waals surface area contributed by atoms with E-state index >= 15 is 0 Å². The largest absolute Gasteiger partial charge is 0.330 e. The van der Waals surface area contributed by atoms with Gasteiger partial charge in [0.15, 0.2) is 0 Å². The fourth-order valence-electron chi connectivity index (χ4n) is 1.01. The van der Waals surface area contributed by atoms with Gasteiger partial charge in [-0.2, -0.15) is 0 Å². The number of nitrogens with zero attached hydrogens (tertiary/aromatic N) is 2. The summed E-state index contributed by atoms with van der Waals surface area (Å²) < 4.78 is 2.06. The Labute approximate surface area is 67.2 Å². The molecule has 0 aromatic carbocycles. The van der Waals surface area contributed by atoms with Crippen molar-refractivity contribution in [1.82, 2.24) is 9.55 Å². The van der Waals surface area contributed by atoms with Crippen molar-refractivity contribution in [1.29, 1.82) is 0 Å². The average molecular weight is 153 g/mol. The molecule has 0 radical (unpaired) electrons. The van der Waals surface area contributed by atoms with Crippen LogP contribution in [0.2, 0.25) is 0 Å². The summed E-state index contributed by atoms with van der Waals surface area (Å²) in [4.78, 5) is 3.99. The van der Waals surface area contributed by atoms with E-state index in [9.17, 15) is 0 Å². The average Bonchev–Trinajstić information content (AvgIpc) is 2.55. The van der Waals surface area contributed by atoms with Gasteiger partial charge in [-0.05, 0) is 13.3 Å². The van der Waals surface area contributed by atoms with E-state index in [0.717, 1.165) is 6.42 Å². The van der Waals surface area contributed by atoms with Crippen molar-refractivity contribution >= 4 is 0 Å². The molecule has 0 aliphatic carbocycles. The first-order valence-electron chi connectivity index (χ1n) is 3.91. The molecular formula is C8H15N3. The van der Waals surface area contributed by atoms with Gasteiger partial charge in [0, 0.05) is 18.9 Å². The lowest BCUT2D eigenvalue weighted by Crippen LogP contribution is -2.36. The second-order valence-corrected chi connectivity index (χ2v) is 3.02. The fraction of sp³-hybridized carbons (Fsp3) is 0.625. The van der Waals surface area contributed by atoms with Crippen molar-refractivity contribution in [2.75, 3.05) is 6.54 Å². The molecule has 62 valence electrons. The van der Waals surface area contributed by atoms with Crippen molar-refractivity contribution in [3.8, 4) is 0 Å². The molecule has 1 unspecified atom stereocenters. The highest BCUT2D eigenvalue weighted by atomic mass is 15.1. The van der Waals surface area contributed by atoms with Gasteiger partial charge in [0.25, 0.3) is 0 Å². The smallest absolute Gasteiger partial charge is 0.0951 e. The molecule has 0 bridgehead atoms. The minimum atomic E-state index is 0.0382. The number of nitrogens with two attached hydrogens (primary N) is 1. The molecule has 3 nitrogen and oxygen atoms in total. The number of hydrogen-bond donors (Lipinski definition) is 1. The Morgan fingerprint density at radius 1 is 1.64 bits per heavy atom. The van der Waals surface area contributed by atoms with E-state index in [1.165, 1.54) is 0 Å².